The number of carbonyl (C=O) groups is 2. The second-order valence-electron chi connectivity index (χ2n) is 9.57. The Morgan fingerprint density at radius 2 is 2.00 bits per heavy atom. The van der Waals surface area contributed by atoms with Crippen LogP contribution in [0.3, 0.4) is 0 Å². The number of imidazole rings is 1. The number of aromatic amines is 1. The maximum Gasteiger partial charge on any atom is 0.253 e. The Bertz CT molecular complexity index is 1760. The molecule has 2 amide bonds. The molecule has 0 aliphatic carbocycles. The number of fused-ring (bicyclic) bond motifs is 5. The largest absolute Gasteiger partial charge is 0.497 e. The second kappa shape index (κ2) is 9.09. The van der Waals surface area contributed by atoms with Gasteiger partial charge in [0.2, 0.25) is 18.6 Å². The Hall–Kier alpha value is -4.99. The molecule has 0 saturated heterocycles. The minimum atomic E-state index is -0.704. The number of rotatable bonds is 7. The number of methoxy groups -OCH3 is 1. The highest BCUT2D eigenvalue weighted by Crippen LogP contribution is 2.38. The van der Waals surface area contributed by atoms with Gasteiger partial charge in [-0.25, -0.2) is 4.98 Å². The van der Waals surface area contributed by atoms with Crippen LogP contribution in [-0.2, 0) is 16.0 Å². The van der Waals surface area contributed by atoms with E-state index in [-0.39, 0.29) is 25.0 Å². The van der Waals surface area contributed by atoms with Crippen molar-refractivity contribution in [2.45, 2.75) is 18.9 Å². The smallest absolute Gasteiger partial charge is 0.253 e. The van der Waals surface area contributed by atoms with Gasteiger partial charge in [0.05, 0.1) is 24.6 Å². The zero-order valence-corrected chi connectivity index (χ0v) is 21.1. The first-order valence-corrected chi connectivity index (χ1v) is 12.7. The second-order valence-corrected chi connectivity index (χ2v) is 9.57. The van der Waals surface area contributed by atoms with Crippen LogP contribution < -0.4 is 24.4 Å². The predicted molar refractivity (Wildman–Crippen MR) is 145 cm³/mol. The lowest BCUT2D eigenvalue weighted by molar-refractivity contribution is -0.124. The van der Waals surface area contributed by atoms with Gasteiger partial charge in [0, 0.05) is 35.4 Å². The van der Waals surface area contributed by atoms with E-state index < -0.39 is 6.04 Å². The Morgan fingerprint density at radius 3 is 2.90 bits per heavy atom. The summed E-state index contributed by atoms with van der Waals surface area (Å²) < 4.78 is 18.0. The van der Waals surface area contributed by atoms with Gasteiger partial charge in [0.15, 0.2) is 11.5 Å². The summed E-state index contributed by atoms with van der Waals surface area (Å²) in [6, 6.07) is 18.1. The van der Waals surface area contributed by atoms with Crippen molar-refractivity contribution in [1.82, 2.24) is 14.5 Å². The number of hydrogen-bond acceptors (Lipinski definition) is 6. The van der Waals surface area contributed by atoms with Crippen LogP contribution in [0.5, 0.6) is 17.2 Å². The lowest BCUT2D eigenvalue weighted by Gasteiger charge is -2.16. The van der Waals surface area contributed by atoms with Crippen LogP contribution in [0.15, 0.2) is 66.9 Å². The van der Waals surface area contributed by atoms with Gasteiger partial charge >= 0.3 is 0 Å². The van der Waals surface area contributed by atoms with Crippen LogP contribution in [0, 0.1) is 0 Å². The van der Waals surface area contributed by atoms with E-state index in [2.05, 4.69) is 10.3 Å². The van der Waals surface area contributed by atoms with Crippen LogP contribution in [0.2, 0.25) is 0 Å². The fourth-order valence-electron chi connectivity index (χ4n) is 5.39. The molecule has 1 unspecified atom stereocenters. The van der Waals surface area contributed by atoms with Crippen molar-refractivity contribution in [3.63, 3.8) is 0 Å². The third kappa shape index (κ3) is 3.92. The number of aromatic nitrogens is 3. The molecule has 2 aliphatic rings. The molecule has 196 valence electrons. The van der Waals surface area contributed by atoms with Crippen LogP contribution in [0.4, 0.5) is 11.6 Å². The Morgan fingerprint density at radius 1 is 1.13 bits per heavy atom. The Kier molecular flexibility index (Phi) is 5.39. The molecule has 1 atom stereocenters. The molecule has 0 radical (unpaired) electrons. The average Bonchev–Trinajstić information content (AvgIpc) is 3.71. The summed E-state index contributed by atoms with van der Waals surface area (Å²) in [7, 11) is 1.64. The standard InChI is InChI=1S/C29H25N5O5/c1-37-19-7-8-21-20(13-19)17(15-30-21)10-11-33-28(36)24(34-23-5-3-2-4-22(23)32-29(33)34)14-27(35)31-18-6-9-25-26(12-18)39-16-38-25/h2-9,12-13,15,24,30H,10-11,14,16H2,1H3,(H,31,35). The zero-order valence-electron chi connectivity index (χ0n) is 21.1. The van der Waals surface area contributed by atoms with E-state index in [1.54, 1.807) is 30.2 Å². The number of H-pyrrole nitrogens is 1. The van der Waals surface area contributed by atoms with Gasteiger partial charge in [-0.05, 0) is 54.4 Å². The number of benzene rings is 3. The molecule has 0 saturated carbocycles. The molecule has 3 aromatic carbocycles. The van der Waals surface area contributed by atoms with E-state index in [9.17, 15) is 9.59 Å². The molecule has 4 heterocycles. The zero-order chi connectivity index (χ0) is 26.5. The number of nitrogens with zero attached hydrogens (tertiary/aromatic N) is 3. The van der Waals surface area contributed by atoms with Crippen molar-refractivity contribution in [3.8, 4) is 17.2 Å². The van der Waals surface area contributed by atoms with Crippen LogP contribution >= 0.6 is 0 Å². The molecule has 10 heteroatoms. The van der Waals surface area contributed by atoms with Crippen molar-refractivity contribution in [3.05, 3.63) is 72.4 Å². The Labute approximate surface area is 223 Å². The van der Waals surface area contributed by atoms with Crippen LogP contribution in [-0.4, -0.2) is 46.8 Å². The summed E-state index contributed by atoms with van der Waals surface area (Å²) in [5, 5.41) is 3.95. The summed E-state index contributed by atoms with van der Waals surface area (Å²) in [4.78, 5) is 36.6. The molecule has 0 fully saturated rings. The van der Waals surface area contributed by atoms with Gasteiger partial charge in [0.25, 0.3) is 5.91 Å². The highest BCUT2D eigenvalue weighted by atomic mass is 16.7. The van der Waals surface area contributed by atoms with E-state index in [1.165, 1.54) is 0 Å². The fraction of sp³-hybridized carbons (Fsp3) is 0.207. The quantitative estimate of drug-likeness (QED) is 0.327. The van der Waals surface area contributed by atoms with Gasteiger partial charge in [0.1, 0.15) is 11.8 Å². The number of ether oxygens (including phenoxy) is 3. The predicted octanol–water partition coefficient (Wildman–Crippen LogP) is 4.41. The molecule has 7 rings (SSSR count). The molecular formula is C29H25N5O5. The van der Waals surface area contributed by atoms with Crippen molar-refractivity contribution in [1.29, 1.82) is 0 Å². The first-order valence-electron chi connectivity index (χ1n) is 12.7. The first-order chi connectivity index (χ1) is 19.1. The van der Waals surface area contributed by atoms with Crippen molar-refractivity contribution in [2.24, 2.45) is 0 Å². The van der Waals surface area contributed by atoms with Gasteiger partial charge in [-0.3, -0.25) is 19.1 Å². The fourth-order valence-corrected chi connectivity index (χ4v) is 5.39. The van der Waals surface area contributed by atoms with Gasteiger partial charge in [-0.2, -0.15) is 0 Å². The summed E-state index contributed by atoms with van der Waals surface area (Å²) in [6.07, 6.45) is 2.55. The molecule has 0 spiro atoms. The number of amides is 2. The van der Waals surface area contributed by atoms with Crippen LogP contribution in [0.25, 0.3) is 21.9 Å². The molecule has 39 heavy (non-hydrogen) atoms. The monoisotopic (exact) mass is 523 g/mol. The molecule has 5 aromatic rings. The average molecular weight is 524 g/mol. The third-order valence-electron chi connectivity index (χ3n) is 7.30. The number of hydrogen-bond donors (Lipinski definition) is 2. The highest BCUT2D eigenvalue weighted by molar-refractivity contribution is 6.05. The van der Waals surface area contributed by atoms with Gasteiger partial charge in [-0.15, -0.1) is 0 Å². The molecular weight excluding hydrogens is 498 g/mol. The topological polar surface area (TPSA) is 111 Å². The summed E-state index contributed by atoms with van der Waals surface area (Å²) in [5.41, 5.74) is 4.26. The normalized spacial score (nSPS) is 15.8. The van der Waals surface area contributed by atoms with Gasteiger partial charge in [-0.1, -0.05) is 12.1 Å². The Balaban J connectivity index is 1.15. The van der Waals surface area contributed by atoms with E-state index in [0.29, 0.717) is 36.1 Å². The molecule has 0 bridgehead atoms. The number of para-hydroxylation sites is 2. The SMILES string of the molecule is COc1ccc2[nH]cc(CCN3C(=O)C(CC(=O)Nc4ccc5c(c4)OCO5)n4c3nc3ccccc34)c2c1. The van der Waals surface area contributed by atoms with E-state index in [1.807, 2.05) is 53.2 Å². The number of carbonyl (C=O) groups excluding carboxylic acids is 2. The molecule has 2 aromatic heterocycles. The molecule has 2 aliphatic heterocycles. The summed E-state index contributed by atoms with van der Waals surface area (Å²) >= 11 is 0. The molecule has 10 nitrogen and oxygen atoms in total. The number of anilines is 2. The van der Waals surface area contributed by atoms with E-state index in [0.717, 1.165) is 33.2 Å². The summed E-state index contributed by atoms with van der Waals surface area (Å²) in [5.74, 6) is 2.12. The minimum Gasteiger partial charge on any atom is -0.497 e. The van der Waals surface area contributed by atoms with Crippen molar-refractivity contribution in [2.75, 3.05) is 30.7 Å². The van der Waals surface area contributed by atoms with Crippen molar-refractivity contribution >= 4 is 45.4 Å². The highest BCUT2D eigenvalue weighted by Gasteiger charge is 2.40. The van der Waals surface area contributed by atoms with E-state index >= 15 is 0 Å². The lowest BCUT2D eigenvalue weighted by Crippen LogP contribution is -2.33. The third-order valence-corrected chi connectivity index (χ3v) is 7.30. The maximum atomic E-state index is 13.8. The van der Waals surface area contributed by atoms with E-state index in [4.69, 9.17) is 19.2 Å². The number of nitrogens with one attached hydrogen (secondary N) is 2. The van der Waals surface area contributed by atoms with Gasteiger partial charge < -0.3 is 24.5 Å². The summed E-state index contributed by atoms with van der Waals surface area (Å²) in [6.45, 7) is 0.578. The lowest BCUT2D eigenvalue weighted by atomic mass is 10.1. The first kappa shape index (κ1) is 23.2. The maximum absolute atomic E-state index is 13.8. The minimum absolute atomic E-state index is 0.0264. The molecule has 2 N–H and O–H groups in total. The van der Waals surface area contributed by atoms with Crippen molar-refractivity contribution < 1.29 is 23.8 Å². The van der Waals surface area contributed by atoms with Crippen LogP contribution in [0.1, 0.15) is 18.0 Å².